The highest BCUT2D eigenvalue weighted by Crippen LogP contribution is 2.25. The predicted octanol–water partition coefficient (Wildman–Crippen LogP) is 3.27. The third-order valence-electron chi connectivity index (χ3n) is 4.21. The first-order valence-corrected chi connectivity index (χ1v) is 8.05. The van der Waals surface area contributed by atoms with Crippen LogP contribution in [0.2, 0.25) is 5.02 Å². The summed E-state index contributed by atoms with van der Waals surface area (Å²) in [4.78, 5) is 23.6. The molecule has 0 aliphatic heterocycles. The Bertz CT molecular complexity index is 868. The molecule has 0 radical (unpaired) electrons. The molecule has 0 fully saturated rings. The topological polar surface area (TPSA) is 82.0 Å². The highest BCUT2D eigenvalue weighted by molar-refractivity contribution is 6.31. The number of halogens is 1. The molecule has 2 aromatic carbocycles. The number of nitriles is 1. The maximum absolute atomic E-state index is 11.8. The fourth-order valence-electron chi connectivity index (χ4n) is 2.07. The molecule has 0 bridgehead atoms. The monoisotopic (exact) mass is 345 g/mol. The lowest BCUT2D eigenvalue weighted by Gasteiger charge is -2.30. The SMILES string of the molecule is C[C@@H](Nc1c(NCc2ccc(C#N)cc2Cl)c(=O)c1=O)C(C)(C)C. The Morgan fingerprint density at radius 1 is 1.21 bits per heavy atom. The Hall–Kier alpha value is -2.32. The van der Waals surface area contributed by atoms with Crippen molar-refractivity contribution in [1.82, 2.24) is 0 Å². The van der Waals surface area contributed by atoms with Gasteiger partial charge in [-0.1, -0.05) is 38.4 Å². The first-order chi connectivity index (χ1) is 11.1. The molecule has 0 aliphatic rings. The number of nitrogens with zero attached hydrogens (tertiary/aromatic N) is 1. The van der Waals surface area contributed by atoms with E-state index in [0.717, 1.165) is 5.56 Å². The van der Waals surface area contributed by atoms with Gasteiger partial charge >= 0.3 is 0 Å². The maximum atomic E-state index is 11.8. The van der Waals surface area contributed by atoms with Crippen LogP contribution in [0.15, 0.2) is 27.8 Å². The van der Waals surface area contributed by atoms with Gasteiger partial charge in [0, 0.05) is 17.6 Å². The zero-order valence-corrected chi connectivity index (χ0v) is 14.9. The van der Waals surface area contributed by atoms with Crippen molar-refractivity contribution in [3.8, 4) is 6.07 Å². The number of benzene rings is 1. The van der Waals surface area contributed by atoms with Crippen molar-refractivity contribution in [1.29, 1.82) is 5.26 Å². The number of rotatable bonds is 5. The number of nitrogens with one attached hydrogen (secondary N) is 2. The van der Waals surface area contributed by atoms with Crippen molar-refractivity contribution in [2.75, 3.05) is 10.6 Å². The molecule has 0 spiro atoms. The molecule has 0 heterocycles. The Morgan fingerprint density at radius 2 is 1.83 bits per heavy atom. The van der Waals surface area contributed by atoms with Crippen LogP contribution in [-0.4, -0.2) is 6.04 Å². The largest absolute Gasteiger partial charge is 0.377 e. The summed E-state index contributed by atoms with van der Waals surface area (Å²) in [5.41, 5.74) is 0.761. The summed E-state index contributed by atoms with van der Waals surface area (Å²) in [6.07, 6.45) is 0. The van der Waals surface area contributed by atoms with Crippen LogP contribution in [0.5, 0.6) is 0 Å². The molecule has 0 amide bonds. The molecule has 0 aromatic heterocycles. The van der Waals surface area contributed by atoms with Gasteiger partial charge in [0.1, 0.15) is 11.4 Å². The molecule has 0 aliphatic carbocycles. The summed E-state index contributed by atoms with van der Waals surface area (Å²) in [5.74, 6) is 0. The standard InChI is InChI=1S/C18H20ClN3O2/c1-10(18(2,3)4)22-15-14(16(23)17(15)24)21-9-12-6-5-11(8-20)7-13(12)19/h5-7,10,21-22H,9H2,1-4H3/t10-/m1/s1. The highest BCUT2D eigenvalue weighted by Gasteiger charge is 2.26. The van der Waals surface area contributed by atoms with Gasteiger partial charge in [0.2, 0.25) is 0 Å². The van der Waals surface area contributed by atoms with E-state index in [1.54, 1.807) is 18.2 Å². The van der Waals surface area contributed by atoms with Crippen LogP contribution in [0.1, 0.15) is 38.8 Å². The van der Waals surface area contributed by atoms with E-state index in [4.69, 9.17) is 16.9 Å². The number of anilines is 2. The lowest BCUT2D eigenvalue weighted by molar-refractivity contribution is 0.359. The maximum Gasteiger partial charge on any atom is 0.253 e. The number of hydrogen-bond acceptors (Lipinski definition) is 5. The zero-order chi connectivity index (χ0) is 18.1. The van der Waals surface area contributed by atoms with E-state index in [1.807, 2.05) is 13.0 Å². The molecular weight excluding hydrogens is 326 g/mol. The molecule has 1 atom stereocenters. The van der Waals surface area contributed by atoms with E-state index in [9.17, 15) is 9.59 Å². The minimum atomic E-state index is -0.525. The van der Waals surface area contributed by atoms with Gasteiger partial charge in [0.05, 0.1) is 11.6 Å². The Balaban J connectivity index is 2.15. The Morgan fingerprint density at radius 3 is 2.38 bits per heavy atom. The molecule has 6 heteroatoms. The molecule has 2 N–H and O–H groups in total. The third kappa shape index (κ3) is 3.60. The highest BCUT2D eigenvalue weighted by atomic mass is 35.5. The molecule has 126 valence electrons. The minimum Gasteiger partial charge on any atom is -0.377 e. The van der Waals surface area contributed by atoms with E-state index in [2.05, 4.69) is 31.4 Å². The van der Waals surface area contributed by atoms with Gasteiger partial charge < -0.3 is 10.6 Å². The second kappa shape index (κ2) is 6.66. The summed E-state index contributed by atoms with van der Waals surface area (Å²) in [6, 6.07) is 7.00. The van der Waals surface area contributed by atoms with Crippen molar-refractivity contribution in [2.24, 2.45) is 5.41 Å². The fraction of sp³-hybridized carbons (Fsp3) is 0.389. The summed E-state index contributed by atoms with van der Waals surface area (Å²) >= 11 is 6.12. The summed E-state index contributed by atoms with van der Waals surface area (Å²) < 4.78 is 0. The first-order valence-electron chi connectivity index (χ1n) is 7.67. The predicted molar refractivity (Wildman–Crippen MR) is 97.4 cm³/mol. The van der Waals surface area contributed by atoms with Gasteiger partial charge in [0.15, 0.2) is 0 Å². The van der Waals surface area contributed by atoms with Crippen LogP contribution in [0.25, 0.3) is 0 Å². The minimum absolute atomic E-state index is 0.0276. The Kier molecular flexibility index (Phi) is 5.00. The van der Waals surface area contributed by atoms with Crippen molar-refractivity contribution >= 4 is 23.0 Å². The molecule has 2 aromatic rings. The smallest absolute Gasteiger partial charge is 0.253 e. The molecule has 0 saturated carbocycles. The van der Waals surface area contributed by atoms with Gasteiger partial charge in [0.25, 0.3) is 10.9 Å². The number of hydrogen-bond donors (Lipinski definition) is 2. The van der Waals surface area contributed by atoms with Gasteiger partial charge in [-0.25, -0.2) is 0 Å². The van der Waals surface area contributed by atoms with Crippen molar-refractivity contribution in [3.63, 3.8) is 0 Å². The summed E-state index contributed by atoms with van der Waals surface area (Å²) in [6.45, 7) is 8.44. The molecule has 5 nitrogen and oxygen atoms in total. The van der Waals surface area contributed by atoms with Crippen LogP contribution in [0.4, 0.5) is 11.4 Å². The first kappa shape index (κ1) is 18.0. The Labute approximate surface area is 146 Å². The van der Waals surface area contributed by atoms with Crippen molar-refractivity contribution in [2.45, 2.75) is 40.3 Å². The second-order valence-corrected chi connectivity index (χ2v) is 7.32. The van der Waals surface area contributed by atoms with Crippen molar-refractivity contribution in [3.05, 3.63) is 54.8 Å². The normalized spacial score (nSPS) is 12.7. The summed E-state index contributed by atoms with van der Waals surface area (Å²) in [7, 11) is 0. The zero-order valence-electron chi connectivity index (χ0n) is 14.2. The molecule has 0 unspecified atom stereocenters. The lowest BCUT2D eigenvalue weighted by Crippen LogP contribution is -2.41. The average molecular weight is 346 g/mol. The van der Waals surface area contributed by atoms with E-state index in [-0.39, 0.29) is 17.1 Å². The summed E-state index contributed by atoms with van der Waals surface area (Å²) in [5, 5.41) is 15.4. The van der Waals surface area contributed by atoms with Crippen LogP contribution >= 0.6 is 11.6 Å². The van der Waals surface area contributed by atoms with Gasteiger partial charge in [-0.2, -0.15) is 5.26 Å². The molecule has 24 heavy (non-hydrogen) atoms. The fourth-order valence-corrected chi connectivity index (χ4v) is 2.32. The van der Waals surface area contributed by atoms with Crippen LogP contribution < -0.4 is 21.5 Å². The van der Waals surface area contributed by atoms with Gasteiger partial charge in [-0.3, -0.25) is 9.59 Å². The van der Waals surface area contributed by atoms with E-state index < -0.39 is 10.9 Å². The van der Waals surface area contributed by atoms with Gasteiger partial charge in [-0.05, 0) is 30.0 Å². The molecular formula is C18H20ClN3O2. The van der Waals surface area contributed by atoms with Crippen molar-refractivity contribution < 1.29 is 0 Å². The lowest BCUT2D eigenvalue weighted by atomic mass is 9.87. The second-order valence-electron chi connectivity index (χ2n) is 6.91. The van der Waals surface area contributed by atoms with Gasteiger partial charge in [-0.15, -0.1) is 0 Å². The molecule has 2 rings (SSSR count). The third-order valence-corrected chi connectivity index (χ3v) is 4.56. The van der Waals surface area contributed by atoms with Crippen LogP contribution in [0.3, 0.4) is 0 Å². The quantitative estimate of drug-likeness (QED) is 0.813. The van der Waals surface area contributed by atoms with E-state index >= 15 is 0 Å². The van der Waals surface area contributed by atoms with E-state index in [0.29, 0.717) is 22.8 Å². The average Bonchev–Trinajstić information content (AvgIpc) is 2.53. The van der Waals surface area contributed by atoms with Crippen LogP contribution in [0, 0.1) is 16.7 Å². The van der Waals surface area contributed by atoms with Crippen LogP contribution in [-0.2, 0) is 6.54 Å². The van der Waals surface area contributed by atoms with E-state index in [1.165, 1.54) is 0 Å². The molecule has 0 saturated heterocycles.